The van der Waals surface area contributed by atoms with Crippen LogP contribution < -0.4 is 10.4 Å². The summed E-state index contributed by atoms with van der Waals surface area (Å²) in [4.78, 5) is 24.3. The molecule has 0 bridgehead atoms. The van der Waals surface area contributed by atoms with Crippen LogP contribution in [0.15, 0.2) is 27.4 Å². The average molecular weight is 328 g/mol. The molecule has 0 saturated heterocycles. The summed E-state index contributed by atoms with van der Waals surface area (Å²) in [6.45, 7) is 5.62. The van der Waals surface area contributed by atoms with E-state index in [1.807, 2.05) is 32.9 Å². The first-order chi connectivity index (χ1) is 11.4. The highest BCUT2D eigenvalue weighted by Gasteiger charge is 2.22. The number of Topliss-reactive ketones (excluding diaryl/α,β-unsaturated/α-hetero) is 1. The van der Waals surface area contributed by atoms with Gasteiger partial charge in [-0.3, -0.25) is 4.79 Å². The summed E-state index contributed by atoms with van der Waals surface area (Å²) in [5, 5.41) is 0.987. The Labute approximate surface area is 141 Å². The monoisotopic (exact) mass is 328 g/mol. The first kappa shape index (κ1) is 16.7. The molecule has 1 aliphatic rings. The van der Waals surface area contributed by atoms with Gasteiger partial charge in [-0.2, -0.15) is 0 Å². The topological polar surface area (TPSA) is 56.5 Å². The van der Waals surface area contributed by atoms with Crippen LogP contribution in [0.25, 0.3) is 11.0 Å². The van der Waals surface area contributed by atoms with E-state index in [2.05, 4.69) is 0 Å². The third-order valence-electron chi connectivity index (χ3n) is 4.65. The zero-order valence-corrected chi connectivity index (χ0v) is 14.6. The summed E-state index contributed by atoms with van der Waals surface area (Å²) < 4.78 is 11.1. The lowest BCUT2D eigenvalue weighted by molar-refractivity contribution is -0.128. The molecule has 2 aromatic rings. The fourth-order valence-electron chi connectivity index (χ4n) is 3.06. The predicted octanol–water partition coefficient (Wildman–Crippen LogP) is 4.06. The molecule has 0 radical (unpaired) electrons. The smallest absolute Gasteiger partial charge is 0.339 e. The number of hydrogen-bond donors (Lipinski definition) is 0. The lowest BCUT2D eigenvalue weighted by Gasteiger charge is -2.17. The fourth-order valence-corrected chi connectivity index (χ4v) is 3.06. The normalized spacial score (nSPS) is 15.0. The third-order valence-corrected chi connectivity index (χ3v) is 4.65. The van der Waals surface area contributed by atoms with E-state index in [-0.39, 0.29) is 18.0 Å². The molecule has 4 nitrogen and oxygen atoms in total. The molecule has 1 heterocycles. The fraction of sp³-hybridized carbons (Fsp3) is 0.500. The van der Waals surface area contributed by atoms with Crippen LogP contribution in [0.2, 0.25) is 0 Å². The van der Waals surface area contributed by atoms with Gasteiger partial charge in [0.05, 0.1) is 0 Å². The van der Waals surface area contributed by atoms with Crippen molar-refractivity contribution < 1.29 is 13.9 Å². The van der Waals surface area contributed by atoms with Gasteiger partial charge in [0.15, 0.2) is 5.78 Å². The summed E-state index contributed by atoms with van der Waals surface area (Å²) in [6.07, 6.45) is 5.00. The molecule has 0 unspecified atom stereocenters. The van der Waals surface area contributed by atoms with E-state index in [0.29, 0.717) is 11.3 Å². The molecule has 0 amide bonds. The number of ketones is 1. The number of carbonyl (C=O) groups is 1. The van der Waals surface area contributed by atoms with E-state index in [9.17, 15) is 9.59 Å². The van der Waals surface area contributed by atoms with Crippen molar-refractivity contribution in [3.63, 3.8) is 0 Å². The zero-order valence-electron chi connectivity index (χ0n) is 14.6. The Morgan fingerprint density at radius 2 is 1.83 bits per heavy atom. The summed E-state index contributed by atoms with van der Waals surface area (Å²) in [6, 6.07) is 5.51. The Hall–Kier alpha value is -2.10. The van der Waals surface area contributed by atoms with Crippen molar-refractivity contribution in [2.45, 2.75) is 52.9 Å². The zero-order chi connectivity index (χ0) is 17.3. The summed E-state index contributed by atoms with van der Waals surface area (Å²) >= 11 is 0. The van der Waals surface area contributed by atoms with Gasteiger partial charge in [0.2, 0.25) is 0 Å². The Balaban J connectivity index is 1.92. The molecule has 1 aromatic heterocycles. The molecule has 1 aromatic carbocycles. The Kier molecular flexibility index (Phi) is 4.48. The average Bonchev–Trinajstić information content (AvgIpc) is 2.78. The van der Waals surface area contributed by atoms with Gasteiger partial charge in [-0.1, -0.05) is 27.2 Å². The molecule has 3 rings (SSSR count). The minimum Gasteiger partial charge on any atom is -0.486 e. The second-order valence-corrected chi connectivity index (χ2v) is 7.53. The number of ether oxygens (including phenoxy) is 1. The standard InChI is InChI=1S/C20H24O4/c1-20(2,3)18(21)12-23-13-9-10-15-14-7-5-4-6-8-16(14)19(22)24-17(15)11-13/h9-11H,4-8,12H2,1-3H3. The largest absolute Gasteiger partial charge is 0.486 e. The summed E-state index contributed by atoms with van der Waals surface area (Å²) in [5.74, 6) is 0.586. The van der Waals surface area contributed by atoms with Crippen LogP contribution in [0.1, 0.15) is 51.2 Å². The van der Waals surface area contributed by atoms with Gasteiger partial charge < -0.3 is 9.15 Å². The summed E-state index contributed by atoms with van der Waals surface area (Å²) in [7, 11) is 0. The third kappa shape index (κ3) is 3.37. The van der Waals surface area contributed by atoms with E-state index in [1.54, 1.807) is 6.07 Å². The van der Waals surface area contributed by atoms with Gasteiger partial charge >= 0.3 is 5.63 Å². The molecule has 0 spiro atoms. The maximum absolute atomic E-state index is 12.3. The quantitative estimate of drug-likeness (QED) is 0.630. The Bertz CT molecular complexity index is 824. The SMILES string of the molecule is CC(C)(C)C(=O)COc1ccc2c3c(c(=O)oc2c1)CCCCC3. The van der Waals surface area contributed by atoms with Gasteiger partial charge in [0.25, 0.3) is 0 Å². The molecule has 0 fully saturated rings. The molecule has 1 aliphatic carbocycles. The molecule has 0 atom stereocenters. The maximum Gasteiger partial charge on any atom is 0.339 e. The van der Waals surface area contributed by atoms with Crippen molar-refractivity contribution in [3.8, 4) is 5.75 Å². The molecule has 0 saturated carbocycles. The maximum atomic E-state index is 12.3. The van der Waals surface area contributed by atoms with Gasteiger partial charge in [-0.25, -0.2) is 4.79 Å². The highest BCUT2D eigenvalue weighted by atomic mass is 16.5. The van der Waals surface area contributed by atoms with Gasteiger partial charge in [-0.05, 0) is 43.4 Å². The molecule has 24 heavy (non-hydrogen) atoms. The molecule has 0 N–H and O–H groups in total. The van der Waals surface area contributed by atoms with Crippen molar-refractivity contribution in [3.05, 3.63) is 39.7 Å². The molecule has 0 aliphatic heterocycles. The highest BCUT2D eigenvalue weighted by Crippen LogP contribution is 2.28. The van der Waals surface area contributed by atoms with E-state index in [4.69, 9.17) is 9.15 Å². The second kappa shape index (κ2) is 6.42. The van der Waals surface area contributed by atoms with Gasteiger partial charge in [0, 0.05) is 22.4 Å². The minimum absolute atomic E-state index is 0.0180. The second-order valence-electron chi connectivity index (χ2n) is 7.53. The number of fused-ring (bicyclic) bond motifs is 3. The number of hydrogen-bond acceptors (Lipinski definition) is 4. The first-order valence-electron chi connectivity index (χ1n) is 8.61. The van der Waals surface area contributed by atoms with E-state index >= 15 is 0 Å². The van der Waals surface area contributed by atoms with Crippen LogP contribution in [0.3, 0.4) is 0 Å². The van der Waals surface area contributed by atoms with Gasteiger partial charge in [-0.15, -0.1) is 0 Å². The van der Waals surface area contributed by atoms with Crippen molar-refractivity contribution in [1.29, 1.82) is 0 Å². The lowest BCUT2D eigenvalue weighted by Crippen LogP contribution is -2.26. The van der Waals surface area contributed by atoms with Crippen LogP contribution in [0.4, 0.5) is 0 Å². The van der Waals surface area contributed by atoms with E-state index in [0.717, 1.165) is 48.6 Å². The molecule has 4 heteroatoms. The van der Waals surface area contributed by atoms with E-state index in [1.165, 1.54) is 0 Å². The number of carbonyl (C=O) groups excluding carboxylic acids is 1. The van der Waals surface area contributed by atoms with Crippen LogP contribution >= 0.6 is 0 Å². The number of aryl methyl sites for hydroxylation is 1. The molecular formula is C20H24O4. The van der Waals surface area contributed by atoms with Crippen LogP contribution in [-0.2, 0) is 17.6 Å². The van der Waals surface area contributed by atoms with Crippen LogP contribution in [0, 0.1) is 5.41 Å². The van der Waals surface area contributed by atoms with Crippen molar-refractivity contribution in [2.24, 2.45) is 5.41 Å². The molecular weight excluding hydrogens is 304 g/mol. The Morgan fingerprint density at radius 3 is 2.54 bits per heavy atom. The minimum atomic E-state index is -0.430. The lowest BCUT2D eigenvalue weighted by atomic mass is 9.91. The number of benzene rings is 1. The Morgan fingerprint density at radius 1 is 1.12 bits per heavy atom. The van der Waals surface area contributed by atoms with Crippen molar-refractivity contribution in [2.75, 3.05) is 6.61 Å². The summed E-state index contributed by atoms with van der Waals surface area (Å²) in [5.41, 5.74) is 1.83. The van der Waals surface area contributed by atoms with Crippen molar-refractivity contribution >= 4 is 16.8 Å². The predicted molar refractivity (Wildman–Crippen MR) is 93.7 cm³/mol. The highest BCUT2D eigenvalue weighted by molar-refractivity contribution is 5.85. The van der Waals surface area contributed by atoms with Crippen molar-refractivity contribution in [1.82, 2.24) is 0 Å². The van der Waals surface area contributed by atoms with Crippen LogP contribution in [-0.4, -0.2) is 12.4 Å². The first-order valence-corrected chi connectivity index (χ1v) is 8.61. The van der Waals surface area contributed by atoms with Gasteiger partial charge in [0.1, 0.15) is 17.9 Å². The number of rotatable bonds is 3. The van der Waals surface area contributed by atoms with Crippen LogP contribution in [0.5, 0.6) is 5.75 Å². The van der Waals surface area contributed by atoms with E-state index < -0.39 is 5.41 Å². The molecule has 128 valence electrons.